The van der Waals surface area contributed by atoms with Crippen molar-refractivity contribution in [2.45, 2.75) is 19.9 Å². The Morgan fingerprint density at radius 3 is 2.75 bits per heavy atom. The predicted molar refractivity (Wildman–Crippen MR) is 77.3 cm³/mol. The van der Waals surface area contributed by atoms with Crippen LogP contribution in [0.4, 0.5) is 15.8 Å². The van der Waals surface area contributed by atoms with Gasteiger partial charge in [-0.2, -0.15) is 0 Å². The third-order valence-corrected chi connectivity index (χ3v) is 3.54. The molecule has 0 fully saturated rings. The molecule has 0 saturated heterocycles. The van der Waals surface area contributed by atoms with Crippen LogP contribution in [0.15, 0.2) is 36.4 Å². The first-order valence-corrected chi connectivity index (χ1v) is 6.49. The second kappa shape index (κ2) is 4.63. The number of rotatable bonds is 2. The van der Waals surface area contributed by atoms with E-state index in [2.05, 4.69) is 10.6 Å². The molecular weight excluding hydrogens is 255 g/mol. The van der Waals surface area contributed by atoms with Crippen molar-refractivity contribution in [3.05, 3.63) is 58.9 Å². The van der Waals surface area contributed by atoms with Gasteiger partial charge in [-0.05, 0) is 43.2 Å². The zero-order valence-corrected chi connectivity index (χ0v) is 11.3. The Balaban J connectivity index is 1.96. The fraction of sp³-hybridized carbons (Fsp3) is 0.188. The first-order chi connectivity index (χ1) is 9.54. The molecule has 102 valence electrons. The first kappa shape index (κ1) is 12.7. The number of carbonyl (C=O) groups is 1. The number of carbonyl (C=O) groups excluding carboxylic acids is 1. The van der Waals surface area contributed by atoms with E-state index in [1.807, 2.05) is 32.0 Å². The molecule has 2 aromatic carbocycles. The standard InChI is InChI=1S/C16H15FN2O/c1-9-3-4-10(2)13(7-9)18-15-12-6-5-11(17)8-14(12)19-16(15)20/h3-8,15,18H,1-2H3,(H,19,20). The molecule has 0 saturated carbocycles. The van der Waals surface area contributed by atoms with Crippen LogP contribution >= 0.6 is 0 Å². The largest absolute Gasteiger partial charge is 0.370 e. The van der Waals surface area contributed by atoms with Crippen molar-refractivity contribution in [1.82, 2.24) is 0 Å². The molecule has 1 heterocycles. The number of benzene rings is 2. The second-order valence-corrected chi connectivity index (χ2v) is 5.12. The van der Waals surface area contributed by atoms with Crippen LogP contribution < -0.4 is 10.6 Å². The van der Waals surface area contributed by atoms with Gasteiger partial charge in [0.15, 0.2) is 0 Å². The smallest absolute Gasteiger partial charge is 0.251 e. The van der Waals surface area contributed by atoms with Crippen molar-refractivity contribution in [1.29, 1.82) is 0 Å². The van der Waals surface area contributed by atoms with Crippen LogP contribution in [0.3, 0.4) is 0 Å². The monoisotopic (exact) mass is 270 g/mol. The van der Waals surface area contributed by atoms with Crippen LogP contribution in [0.2, 0.25) is 0 Å². The van der Waals surface area contributed by atoms with Gasteiger partial charge >= 0.3 is 0 Å². The van der Waals surface area contributed by atoms with Gasteiger partial charge in [-0.1, -0.05) is 18.2 Å². The van der Waals surface area contributed by atoms with E-state index in [1.54, 1.807) is 6.07 Å². The van der Waals surface area contributed by atoms with Gasteiger partial charge in [-0.3, -0.25) is 4.79 Å². The second-order valence-electron chi connectivity index (χ2n) is 5.12. The topological polar surface area (TPSA) is 41.1 Å². The van der Waals surface area contributed by atoms with E-state index in [9.17, 15) is 9.18 Å². The highest BCUT2D eigenvalue weighted by atomic mass is 19.1. The number of nitrogens with one attached hydrogen (secondary N) is 2. The lowest BCUT2D eigenvalue weighted by Crippen LogP contribution is -2.20. The van der Waals surface area contributed by atoms with Crippen LogP contribution in [0, 0.1) is 19.7 Å². The molecule has 4 heteroatoms. The number of amides is 1. The molecular formula is C16H15FN2O. The molecule has 0 aromatic heterocycles. The van der Waals surface area contributed by atoms with Gasteiger partial charge in [0.2, 0.25) is 0 Å². The van der Waals surface area contributed by atoms with Crippen LogP contribution in [-0.2, 0) is 4.79 Å². The molecule has 1 aliphatic heterocycles. The highest BCUT2D eigenvalue weighted by Crippen LogP contribution is 2.34. The lowest BCUT2D eigenvalue weighted by atomic mass is 10.1. The molecule has 1 unspecified atom stereocenters. The average Bonchev–Trinajstić information content (AvgIpc) is 2.69. The molecule has 0 bridgehead atoms. The number of halogens is 1. The molecule has 0 radical (unpaired) electrons. The zero-order chi connectivity index (χ0) is 14.3. The van der Waals surface area contributed by atoms with Crippen molar-refractivity contribution in [2.75, 3.05) is 10.6 Å². The quantitative estimate of drug-likeness (QED) is 0.876. The Morgan fingerprint density at radius 2 is 1.95 bits per heavy atom. The lowest BCUT2D eigenvalue weighted by molar-refractivity contribution is -0.116. The van der Waals surface area contributed by atoms with E-state index in [0.717, 1.165) is 22.4 Å². The number of anilines is 2. The average molecular weight is 270 g/mol. The van der Waals surface area contributed by atoms with Crippen LogP contribution in [0.1, 0.15) is 22.7 Å². The normalized spacial score (nSPS) is 16.8. The SMILES string of the molecule is Cc1ccc(C)c(NC2C(=O)Nc3cc(F)ccc32)c1. The highest BCUT2D eigenvalue weighted by Gasteiger charge is 2.30. The van der Waals surface area contributed by atoms with Crippen LogP contribution in [0.25, 0.3) is 0 Å². The molecule has 1 atom stereocenters. The number of fused-ring (bicyclic) bond motifs is 1. The van der Waals surface area contributed by atoms with E-state index < -0.39 is 6.04 Å². The summed E-state index contributed by atoms with van der Waals surface area (Å²) in [5.74, 6) is -0.511. The van der Waals surface area contributed by atoms with E-state index in [1.165, 1.54) is 12.1 Å². The molecule has 1 aliphatic rings. The summed E-state index contributed by atoms with van der Waals surface area (Å²) < 4.78 is 13.2. The maximum Gasteiger partial charge on any atom is 0.251 e. The molecule has 3 rings (SSSR count). The molecule has 2 aromatic rings. The summed E-state index contributed by atoms with van der Waals surface area (Å²) in [5, 5.41) is 5.94. The summed E-state index contributed by atoms with van der Waals surface area (Å²) in [6.07, 6.45) is 0. The number of aryl methyl sites for hydroxylation is 2. The van der Waals surface area contributed by atoms with Gasteiger partial charge in [0.05, 0.1) is 0 Å². The van der Waals surface area contributed by atoms with Gasteiger partial charge < -0.3 is 10.6 Å². The first-order valence-electron chi connectivity index (χ1n) is 6.49. The summed E-state index contributed by atoms with van der Waals surface area (Å²) in [4.78, 5) is 12.0. The van der Waals surface area contributed by atoms with Crippen LogP contribution in [0.5, 0.6) is 0 Å². The fourth-order valence-electron chi connectivity index (χ4n) is 2.42. The van der Waals surface area contributed by atoms with E-state index in [0.29, 0.717) is 5.69 Å². The molecule has 20 heavy (non-hydrogen) atoms. The third kappa shape index (κ3) is 2.13. The van der Waals surface area contributed by atoms with Crippen molar-refractivity contribution in [3.63, 3.8) is 0 Å². The number of hydrogen-bond acceptors (Lipinski definition) is 2. The minimum absolute atomic E-state index is 0.161. The number of hydrogen-bond donors (Lipinski definition) is 2. The van der Waals surface area contributed by atoms with Gasteiger partial charge in [0.1, 0.15) is 11.9 Å². The maximum atomic E-state index is 13.2. The van der Waals surface area contributed by atoms with Gasteiger partial charge in [0, 0.05) is 16.9 Å². The Hall–Kier alpha value is -2.36. The molecule has 0 aliphatic carbocycles. The molecule has 0 spiro atoms. The molecule has 1 amide bonds. The predicted octanol–water partition coefficient (Wildman–Crippen LogP) is 3.55. The van der Waals surface area contributed by atoms with Gasteiger partial charge in [-0.25, -0.2) is 4.39 Å². The van der Waals surface area contributed by atoms with Crippen molar-refractivity contribution >= 4 is 17.3 Å². The van der Waals surface area contributed by atoms with Crippen molar-refractivity contribution < 1.29 is 9.18 Å². The van der Waals surface area contributed by atoms with E-state index in [4.69, 9.17) is 0 Å². The fourth-order valence-corrected chi connectivity index (χ4v) is 2.42. The minimum atomic E-state index is -0.480. The Kier molecular flexibility index (Phi) is 2.93. The van der Waals surface area contributed by atoms with Crippen LogP contribution in [-0.4, -0.2) is 5.91 Å². The lowest BCUT2D eigenvalue weighted by Gasteiger charge is -2.15. The highest BCUT2D eigenvalue weighted by molar-refractivity contribution is 6.04. The minimum Gasteiger partial charge on any atom is -0.370 e. The zero-order valence-electron chi connectivity index (χ0n) is 11.3. The Bertz CT molecular complexity index is 697. The summed E-state index contributed by atoms with van der Waals surface area (Å²) in [6.45, 7) is 3.99. The van der Waals surface area contributed by atoms with E-state index >= 15 is 0 Å². The van der Waals surface area contributed by atoms with Gasteiger partial charge in [0.25, 0.3) is 5.91 Å². The molecule has 3 nitrogen and oxygen atoms in total. The summed E-state index contributed by atoms with van der Waals surface area (Å²) >= 11 is 0. The van der Waals surface area contributed by atoms with Crippen molar-refractivity contribution in [2.24, 2.45) is 0 Å². The summed E-state index contributed by atoms with van der Waals surface area (Å²) in [7, 11) is 0. The maximum absolute atomic E-state index is 13.2. The Morgan fingerprint density at radius 1 is 1.15 bits per heavy atom. The van der Waals surface area contributed by atoms with E-state index in [-0.39, 0.29) is 11.7 Å². The Labute approximate surface area is 116 Å². The molecule has 2 N–H and O–H groups in total. The third-order valence-electron chi connectivity index (χ3n) is 3.54. The van der Waals surface area contributed by atoms with Gasteiger partial charge in [-0.15, -0.1) is 0 Å². The summed E-state index contributed by atoms with van der Waals surface area (Å²) in [6, 6.07) is 9.92. The summed E-state index contributed by atoms with van der Waals surface area (Å²) in [5.41, 5.74) is 4.42. The van der Waals surface area contributed by atoms with Crippen molar-refractivity contribution in [3.8, 4) is 0 Å².